The van der Waals surface area contributed by atoms with Gasteiger partial charge < -0.3 is 24.4 Å². The normalized spacial score (nSPS) is 31.5. The van der Waals surface area contributed by atoms with Crippen molar-refractivity contribution in [3.05, 3.63) is 12.2 Å². The maximum Gasteiger partial charge on any atom is 0.333 e. The molecule has 0 radical (unpaired) electrons. The van der Waals surface area contributed by atoms with Crippen molar-refractivity contribution in [2.24, 2.45) is 16.7 Å². The predicted molar refractivity (Wildman–Crippen MR) is 151 cm³/mol. The van der Waals surface area contributed by atoms with Gasteiger partial charge in [0.1, 0.15) is 5.60 Å². The highest BCUT2D eigenvalue weighted by Crippen LogP contribution is 2.75. The summed E-state index contributed by atoms with van der Waals surface area (Å²) in [6.45, 7) is 22.1. The molecule has 4 rings (SSSR count). The van der Waals surface area contributed by atoms with Gasteiger partial charge in [0, 0.05) is 16.4 Å². The molecule has 0 aliphatic heterocycles. The molecule has 0 aromatic heterocycles. The van der Waals surface area contributed by atoms with Crippen LogP contribution in [-0.4, -0.2) is 57.4 Å². The van der Waals surface area contributed by atoms with E-state index >= 15 is 0 Å². The molecule has 4 bridgehead atoms. The van der Waals surface area contributed by atoms with E-state index < -0.39 is 28.0 Å². The third kappa shape index (κ3) is 5.62. The van der Waals surface area contributed by atoms with Gasteiger partial charge in [0.15, 0.2) is 0 Å². The lowest BCUT2D eigenvalue weighted by atomic mass is 9.36. The summed E-state index contributed by atoms with van der Waals surface area (Å²) in [5.74, 6) is 0.0693. The summed E-state index contributed by atoms with van der Waals surface area (Å²) in [5.41, 5.74) is -3.40. The third-order valence-electron chi connectivity index (χ3n) is 10.3. The Morgan fingerprint density at radius 2 is 1.18 bits per heavy atom. The van der Waals surface area contributed by atoms with Crippen LogP contribution >= 0.6 is 0 Å². The van der Waals surface area contributed by atoms with Crippen molar-refractivity contribution in [3.8, 4) is 0 Å². The molecule has 0 heterocycles. The first-order valence-electron chi connectivity index (χ1n) is 15.0. The van der Waals surface area contributed by atoms with E-state index in [1.165, 1.54) is 0 Å². The highest BCUT2D eigenvalue weighted by molar-refractivity contribution is 5.87. The minimum Gasteiger partial charge on any atom is -0.456 e. The van der Waals surface area contributed by atoms with Gasteiger partial charge in [-0.3, -0.25) is 0 Å². The second-order valence-electron chi connectivity index (χ2n) is 14.5. The molecule has 0 spiro atoms. The van der Waals surface area contributed by atoms with Crippen LogP contribution in [0.25, 0.3) is 0 Å². The molecule has 2 atom stereocenters. The lowest BCUT2D eigenvalue weighted by molar-refractivity contribution is -0.316. The molecular weight excluding hydrogens is 480 g/mol. The average molecular weight is 537 g/mol. The third-order valence-corrected chi connectivity index (χ3v) is 10.3. The van der Waals surface area contributed by atoms with Crippen molar-refractivity contribution in [2.45, 2.75) is 155 Å². The molecule has 6 nitrogen and oxygen atoms in total. The molecule has 38 heavy (non-hydrogen) atoms. The van der Waals surface area contributed by atoms with Crippen LogP contribution in [0.1, 0.15) is 127 Å². The maximum atomic E-state index is 13.1. The van der Waals surface area contributed by atoms with Gasteiger partial charge in [-0.1, -0.05) is 34.3 Å². The molecule has 2 unspecified atom stereocenters. The number of ether oxygens (including phenoxy) is 3. The Bertz CT molecular complexity index is 819. The predicted octanol–water partition coefficient (Wildman–Crippen LogP) is 6.51. The molecule has 4 aliphatic carbocycles. The second-order valence-corrected chi connectivity index (χ2v) is 14.5. The Morgan fingerprint density at radius 3 is 1.50 bits per heavy atom. The molecule has 220 valence electrons. The van der Waals surface area contributed by atoms with Gasteiger partial charge in [0.25, 0.3) is 0 Å². The first-order valence-corrected chi connectivity index (χ1v) is 15.0. The average Bonchev–Trinajstić information content (AvgIpc) is 2.78. The van der Waals surface area contributed by atoms with Crippen molar-refractivity contribution in [1.82, 2.24) is 0 Å². The Hall–Kier alpha value is -0.950. The van der Waals surface area contributed by atoms with Crippen molar-refractivity contribution in [1.29, 1.82) is 0 Å². The zero-order valence-electron chi connectivity index (χ0n) is 25.8. The second kappa shape index (κ2) is 10.5. The van der Waals surface area contributed by atoms with E-state index in [0.29, 0.717) is 11.5 Å². The molecule has 4 aliphatic rings. The molecule has 0 amide bonds. The van der Waals surface area contributed by atoms with Crippen LogP contribution in [0.3, 0.4) is 0 Å². The van der Waals surface area contributed by atoms with E-state index in [1.807, 2.05) is 0 Å². The Labute approximate surface area is 231 Å². The first kappa shape index (κ1) is 31.6. The Kier molecular flexibility index (Phi) is 8.70. The van der Waals surface area contributed by atoms with Crippen LogP contribution in [0.15, 0.2) is 12.2 Å². The van der Waals surface area contributed by atoms with Crippen molar-refractivity contribution < 1.29 is 29.2 Å². The van der Waals surface area contributed by atoms with E-state index in [-0.39, 0.29) is 30.0 Å². The number of hydrogen-bond donors (Lipinski definition) is 2. The highest BCUT2D eigenvalue weighted by atomic mass is 16.6. The van der Waals surface area contributed by atoms with Gasteiger partial charge in [-0.05, 0) is 105 Å². The van der Waals surface area contributed by atoms with Crippen LogP contribution in [0.5, 0.6) is 0 Å². The molecule has 4 saturated carbocycles. The van der Waals surface area contributed by atoms with Gasteiger partial charge >= 0.3 is 5.97 Å². The summed E-state index contributed by atoms with van der Waals surface area (Å²) < 4.78 is 20.1. The zero-order chi connectivity index (χ0) is 28.8. The van der Waals surface area contributed by atoms with Crippen LogP contribution < -0.4 is 0 Å². The number of carbonyl (C=O) groups excluding carboxylic acids is 1. The maximum absolute atomic E-state index is 13.1. The van der Waals surface area contributed by atoms with Crippen molar-refractivity contribution in [2.75, 3.05) is 13.2 Å². The van der Waals surface area contributed by atoms with E-state index in [9.17, 15) is 15.0 Å². The van der Waals surface area contributed by atoms with E-state index in [0.717, 1.165) is 64.2 Å². The minimum atomic E-state index is -0.938. The Balaban J connectivity index is 2.19. The number of esters is 1. The number of rotatable bonds is 14. The lowest BCUT2D eigenvalue weighted by Crippen LogP contribution is -2.72. The monoisotopic (exact) mass is 536 g/mol. The first-order chi connectivity index (χ1) is 17.4. The standard InChI is InChI=1S/C32H56O6/c1-11-31(12-2,36-21-26(7,8)34)28-15-24-16-29(18-28,32(13-3,14-4)37-22-27(9,10)35)20-30(17-24,19-28)38-25(33)23(5)6/h24,34-35H,5,11-22H2,1-4,6-10H3. The van der Waals surface area contributed by atoms with Crippen molar-refractivity contribution in [3.63, 3.8) is 0 Å². The zero-order valence-corrected chi connectivity index (χ0v) is 25.8. The summed E-state index contributed by atoms with van der Waals surface area (Å²) in [6.07, 6.45) is 8.67. The molecule has 0 aromatic carbocycles. The molecular formula is C32H56O6. The number of hydrogen-bond acceptors (Lipinski definition) is 6. The highest BCUT2D eigenvalue weighted by Gasteiger charge is 2.73. The summed E-state index contributed by atoms with van der Waals surface area (Å²) in [7, 11) is 0. The number of aliphatic hydroxyl groups is 2. The number of carbonyl (C=O) groups is 1. The summed E-state index contributed by atoms with van der Waals surface area (Å²) >= 11 is 0. The van der Waals surface area contributed by atoms with Gasteiger partial charge in [-0.15, -0.1) is 0 Å². The summed E-state index contributed by atoms with van der Waals surface area (Å²) in [6, 6.07) is 0. The van der Waals surface area contributed by atoms with Gasteiger partial charge in [-0.25, -0.2) is 4.79 Å². The largest absolute Gasteiger partial charge is 0.456 e. The molecule has 4 fully saturated rings. The van der Waals surface area contributed by atoms with E-state index in [2.05, 4.69) is 34.3 Å². The topological polar surface area (TPSA) is 85.2 Å². The summed E-state index contributed by atoms with van der Waals surface area (Å²) in [5, 5.41) is 21.3. The Morgan fingerprint density at radius 1 is 0.789 bits per heavy atom. The van der Waals surface area contributed by atoms with Crippen LogP contribution in [-0.2, 0) is 19.0 Å². The molecule has 6 heteroatoms. The molecule has 0 aromatic rings. The fraction of sp³-hybridized carbons (Fsp3) is 0.906. The molecule has 0 saturated heterocycles. The van der Waals surface area contributed by atoms with E-state index in [1.54, 1.807) is 34.6 Å². The van der Waals surface area contributed by atoms with Gasteiger partial charge in [0.05, 0.1) is 35.6 Å². The van der Waals surface area contributed by atoms with Gasteiger partial charge in [0.2, 0.25) is 0 Å². The fourth-order valence-electron chi connectivity index (χ4n) is 9.11. The minimum absolute atomic E-state index is 0.218. The van der Waals surface area contributed by atoms with Crippen LogP contribution in [0.4, 0.5) is 0 Å². The fourth-order valence-corrected chi connectivity index (χ4v) is 9.11. The van der Waals surface area contributed by atoms with Crippen LogP contribution in [0, 0.1) is 16.7 Å². The van der Waals surface area contributed by atoms with Crippen molar-refractivity contribution >= 4 is 5.97 Å². The lowest BCUT2D eigenvalue weighted by Gasteiger charge is -2.73. The molecule has 2 N–H and O–H groups in total. The van der Waals surface area contributed by atoms with E-state index in [4.69, 9.17) is 14.2 Å². The van der Waals surface area contributed by atoms with Gasteiger partial charge in [-0.2, -0.15) is 0 Å². The van der Waals surface area contributed by atoms with Crippen LogP contribution in [0.2, 0.25) is 0 Å². The smallest absolute Gasteiger partial charge is 0.333 e. The quantitative estimate of drug-likeness (QED) is 0.194. The SMILES string of the molecule is C=C(C)C(=O)OC12CC3CC(C(CC)(CC)OCC(C)(C)O)(C1)CC(C(CC)(CC)OCC(C)(C)O)(C3)C2. The summed E-state index contributed by atoms with van der Waals surface area (Å²) in [4.78, 5) is 13.1.